The molecule has 1 heterocycles. The lowest BCUT2D eigenvalue weighted by Crippen LogP contribution is -2.32. The Hall–Kier alpha value is -1.46. The largest absolute Gasteiger partial charge is 0.399 e. The zero-order chi connectivity index (χ0) is 14.7. The van der Waals surface area contributed by atoms with Gasteiger partial charge in [0.05, 0.1) is 16.3 Å². The van der Waals surface area contributed by atoms with E-state index in [4.69, 9.17) is 23.1 Å². The average molecular weight is 297 g/mol. The Morgan fingerprint density at radius 1 is 1.40 bits per heavy atom. The Bertz CT molecular complexity index is 500. The predicted molar refractivity (Wildman–Crippen MR) is 83.3 cm³/mol. The van der Waals surface area contributed by atoms with E-state index in [0.717, 1.165) is 26.2 Å². The number of nitrogen functional groups attached to an aromatic ring is 1. The summed E-state index contributed by atoms with van der Waals surface area (Å²) in [5, 5.41) is 0.461. The molecule has 0 radical (unpaired) electrons. The number of likely N-dealkylation sites (tertiary alicyclic amines) is 1. The summed E-state index contributed by atoms with van der Waals surface area (Å²) in [5.74, 6) is -0.512. The maximum Gasteiger partial charge on any atom is 0.250 e. The maximum atomic E-state index is 11.6. The number of carbonyl (C=O) groups excluding carboxylic acids is 1. The SMILES string of the molecule is CN(CCN1CCCC1)c1c(Cl)cc(N)cc1C(N)=O. The van der Waals surface area contributed by atoms with E-state index in [9.17, 15) is 4.79 Å². The quantitative estimate of drug-likeness (QED) is 0.809. The number of anilines is 2. The van der Waals surface area contributed by atoms with Gasteiger partial charge in [0.15, 0.2) is 0 Å². The van der Waals surface area contributed by atoms with Crippen LogP contribution in [0.5, 0.6) is 0 Å². The third-order valence-corrected chi connectivity index (χ3v) is 3.97. The number of hydrogen-bond donors (Lipinski definition) is 2. The number of carbonyl (C=O) groups is 1. The fourth-order valence-corrected chi connectivity index (χ4v) is 2.98. The molecule has 0 saturated carbocycles. The first-order valence-electron chi connectivity index (χ1n) is 6.81. The summed E-state index contributed by atoms with van der Waals surface area (Å²) in [6, 6.07) is 3.23. The van der Waals surface area contributed by atoms with E-state index >= 15 is 0 Å². The smallest absolute Gasteiger partial charge is 0.250 e. The minimum atomic E-state index is -0.512. The van der Waals surface area contributed by atoms with Crippen molar-refractivity contribution in [3.63, 3.8) is 0 Å². The summed E-state index contributed by atoms with van der Waals surface area (Å²) in [6.45, 7) is 4.04. The second-order valence-electron chi connectivity index (χ2n) is 5.23. The highest BCUT2D eigenvalue weighted by Gasteiger charge is 2.18. The molecule has 0 bridgehead atoms. The lowest BCUT2D eigenvalue weighted by molar-refractivity contribution is 0.100. The number of nitrogens with two attached hydrogens (primary N) is 2. The van der Waals surface area contributed by atoms with E-state index in [2.05, 4.69) is 4.90 Å². The Balaban J connectivity index is 2.15. The molecule has 0 unspecified atom stereocenters. The van der Waals surface area contributed by atoms with E-state index in [1.807, 2.05) is 11.9 Å². The van der Waals surface area contributed by atoms with Gasteiger partial charge in [0.1, 0.15) is 0 Å². The van der Waals surface area contributed by atoms with Crippen LogP contribution in [0, 0.1) is 0 Å². The molecule has 6 heteroatoms. The van der Waals surface area contributed by atoms with Crippen LogP contribution in [0.4, 0.5) is 11.4 Å². The molecule has 110 valence electrons. The van der Waals surface area contributed by atoms with Gasteiger partial charge in [-0.15, -0.1) is 0 Å². The minimum Gasteiger partial charge on any atom is -0.399 e. The number of halogens is 1. The van der Waals surface area contributed by atoms with Crippen LogP contribution in [0.1, 0.15) is 23.2 Å². The molecule has 1 aromatic rings. The van der Waals surface area contributed by atoms with Gasteiger partial charge in [-0.2, -0.15) is 0 Å². The van der Waals surface area contributed by atoms with Crippen molar-refractivity contribution in [3.05, 3.63) is 22.7 Å². The number of nitrogens with zero attached hydrogens (tertiary/aromatic N) is 2. The van der Waals surface area contributed by atoms with Crippen molar-refractivity contribution < 1.29 is 4.79 Å². The molecule has 20 heavy (non-hydrogen) atoms. The van der Waals surface area contributed by atoms with Gasteiger partial charge in [-0.05, 0) is 38.1 Å². The minimum absolute atomic E-state index is 0.374. The fraction of sp³-hybridized carbons (Fsp3) is 0.500. The second kappa shape index (κ2) is 6.33. The summed E-state index contributed by atoms with van der Waals surface area (Å²) < 4.78 is 0. The standard InChI is InChI=1S/C14H21ClN4O/c1-18(6-7-19-4-2-3-5-19)13-11(14(17)20)8-10(16)9-12(13)15/h8-9H,2-7,16H2,1H3,(H2,17,20). The van der Waals surface area contributed by atoms with Crippen LogP contribution >= 0.6 is 11.6 Å². The molecule has 0 atom stereocenters. The van der Waals surface area contributed by atoms with E-state index in [-0.39, 0.29) is 0 Å². The van der Waals surface area contributed by atoms with Crippen molar-refractivity contribution in [1.29, 1.82) is 0 Å². The summed E-state index contributed by atoms with van der Waals surface area (Å²) in [4.78, 5) is 15.9. The molecule has 0 aromatic heterocycles. The zero-order valence-electron chi connectivity index (χ0n) is 11.7. The van der Waals surface area contributed by atoms with Gasteiger partial charge in [0.25, 0.3) is 5.91 Å². The maximum absolute atomic E-state index is 11.6. The lowest BCUT2D eigenvalue weighted by Gasteiger charge is -2.25. The first-order chi connectivity index (χ1) is 9.49. The normalized spacial score (nSPS) is 15.5. The van der Waals surface area contributed by atoms with Crippen LogP contribution in [0.25, 0.3) is 0 Å². The van der Waals surface area contributed by atoms with Crippen molar-refractivity contribution in [2.45, 2.75) is 12.8 Å². The van der Waals surface area contributed by atoms with Crippen molar-refractivity contribution in [2.24, 2.45) is 5.73 Å². The fourth-order valence-electron chi connectivity index (χ4n) is 2.61. The molecule has 0 spiro atoms. The lowest BCUT2D eigenvalue weighted by atomic mass is 10.1. The first kappa shape index (κ1) is 14.9. The third kappa shape index (κ3) is 3.35. The predicted octanol–water partition coefficient (Wildman–Crippen LogP) is 1.55. The molecule has 1 aliphatic rings. The van der Waals surface area contributed by atoms with Gasteiger partial charge in [0.2, 0.25) is 0 Å². The van der Waals surface area contributed by atoms with E-state index in [1.54, 1.807) is 12.1 Å². The van der Waals surface area contributed by atoms with Gasteiger partial charge in [0, 0.05) is 25.8 Å². The highest BCUT2D eigenvalue weighted by atomic mass is 35.5. The van der Waals surface area contributed by atoms with Gasteiger partial charge >= 0.3 is 0 Å². The molecule has 1 amide bonds. The van der Waals surface area contributed by atoms with Gasteiger partial charge < -0.3 is 21.3 Å². The van der Waals surface area contributed by atoms with Crippen LogP contribution < -0.4 is 16.4 Å². The number of benzene rings is 1. The average Bonchev–Trinajstić information content (AvgIpc) is 2.88. The second-order valence-corrected chi connectivity index (χ2v) is 5.64. The molecular weight excluding hydrogens is 276 g/mol. The van der Waals surface area contributed by atoms with Crippen molar-refractivity contribution in [2.75, 3.05) is 43.9 Å². The van der Waals surface area contributed by atoms with Crippen molar-refractivity contribution in [1.82, 2.24) is 4.90 Å². The molecule has 1 saturated heterocycles. The Morgan fingerprint density at radius 3 is 2.65 bits per heavy atom. The van der Waals surface area contributed by atoms with Crippen LogP contribution in [-0.2, 0) is 0 Å². The molecule has 0 aliphatic carbocycles. The number of primary amides is 1. The Kier molecular flexibility index (Phi) is 4.73. The highest BCUT2D eigenvalue weighted by molar-refractivity contribution is 6.34. The van der Waals surface area contributed by atoms with Crippen molar-refractivity contribution in [3.8, 4) is 0 Å². The Morgan fingerprint density at radius 2 is 2.05 bits per heavy atom. The summed E-state index contributed by atoms with van der Waals surface area (Å²) in [6.07, 6.45) is 2.53. The van der Waals surface area contributed by atoms with Crippen LogP contribution in [0.3, 0.4) is 0 Å². The topological polar surface area (TPSA) is 75.6 Å². The number of amides is 1. The summed E-state index contributed by atoms with van der Waals surface area (Å²) in [5.41, 5.74) is 12.6. The molecule has 2 rings (SSSR count). The molecule has 1 aromatic carbocycles. The molecular formula is C14H21ClN4O. The van der Waals surface area contributed by atoms with Gasteiger partial charge in [-0.25, -0.2) is 0 Å². The zero-order valence-corrected chi connectivity index (χ0v) is 12.5. The molecule has 1 fully saturated rings. The highest BCUT2D eigenvalue weighted by Crippen LogP contribution is 2.31. The van der Waals surface area contributed by atoms with Gasteiger partial charge in [-0.1, -0.05) is 11.6 Å². The van der Waals surface area contributed by atoms with Crippen molar-refractivity contribution >= 4 is 28.9 Å². The third-order valence-electron chi connectivity index (χ3n) is 3.68. The van der Waals surface area contributed by atoms with E-state index in [1.165, 1.54) is 12.8 Å². The monoisotopic (exact) mass is 296 g/mol. The summed E-state index contributed by atoms with van der Waals surface area (Å²) in [7, 11) is 1.92. The van der Waals surface area contributed by atoms with Gasteiger partial charge in [-0.3, -0.25) is 4.79 Å². The van der Waals surface area contributed by atoms with Crippen LogP contribution in [-0.4, -0.2) is 44.0 Å². The van der Waals surface area contributed by atoms with Crippen LogP contribution in [0.2, 0.25) is 5.02 Å². The number of likely N-dealkylation sites (N-methyl/N-ethyl adjacent to an activating group) is 1. The number of rotatable bonds is 5. The summed E-state index contributed by atoms with van der Waals surface area (Å²) >= 11 is 6.23. The van der Waals surface area contributed by atoms with E-state index in [0.29, 0.717) is 22.0 Å². The first-order valence-corrected chi connectivity index (χ1v) is 7.19. The Labute approximate surface area is 124 Å². The van der Waals surface area contributed by atoms with Crippen LogP contribution in [0.15, 0.2) is 12.1 Å². The number of hydrogen-bond acceptors (Lipinski definition) is 4. The molecule has 1 aliphatic heterocycles. The molecule has 5 nitrogen and oxygen atoms in total. The molecule has 4 N–H and O–H groups in total. The van der Waals surface area contributed by atoms with E-state index < -0.39 is 5.91 Å².